The molecule has 0 bridgehead atoms. The van der Waals surface area contributed by atoms with E-state index in [1.54, 1.807) is 12.1 Å². The molecule has 0 unspecified atom stereocenters. The predicted octanol–water partition coefficient (Wildman–Crippen LogP) is 1.33. The molecule has 100 valence electrons. The summed E-state index contributed by atoms with van der Waals surface area (Å²) in [5.74, 6) is 0.481. The molecule has 0 spiro atoms. The molecule has 1 heterocycles. The van der Waals surface area contributed by atoms with Crippen LogP contribution in [-0.4, -0.2) is 41.1 Å². The summed E-state index contributed by atoms with van der Waals surface area (Å²) in [6, 6.07) is 3.49. The Balaban J connectivity index is 2.34. The molecule has 0 aliphatic heterocycles. The minimum absolute atomic E-state index is 0.0214. The monoisotopic (exact) mass is 270 g/mol. The van der Waals surface area contributed by atoms with E-state index in [0.717, 1.165) is 5.69 Å². The zero-order valence-electron chi connectivity index (χ0n) is 11.0. The van der Waals surface area contributed by atoms with Gasteiger partial charge in [-0.2, -0.15) is 5.10 Å². The van der Waals surface area contributed by atoms with E-state index >= 15 is 0 Å². The normalized spacial score (nSPS) is 11.0. The average molecular weight is 271 g/mol. The van der Waals surface area contributed by atoms with Gasteiger partial charge in [0.1, 0.15) is 0 Å². The van der Waals surface area contributed by atoms with Crippen molar-refractivity contribution in [2.75, 3.05) is 20.1 Å². The quantitative estimate of drug-likeness (QED) is 0.847. The van der Waals surface area contributed by atoms with Gasteiger partial charge in [0.2, 0.25) is 5.91 Å². The summed E-state index contributed by atoms with van der Waals surface area (Å²) in [5.41, 5.74) is 0.790. The Bertz CT molecular complexity index is 380. The van der Waals surface area contributed by atoms with Crippen LogP contribution in [0.1, 0.15) is 19.5 Å². The zero-order chi connectivity index (χ0) is 13.5. The van der Waals surface area contributed by atoms with Crippen molar-refractivity contribution in [3.05, 3.63) is 23.0 Å². The fourth-order valence-electron chi connectivity index (χ4n) is 1.38. The van der Waals surface area contributed by atoms with Crippen LogP contribution in [0, 0.1) is 5.92 Å². The number of hydrogen-bond donors (Lipinski definition) is 1. The van der Waals surface area contributed by atoms with E-state index in [1.165, 1.54) is 0 Å². The standard InChI is InChI=1S/C12H19ClN4O/c1-9(2)6-14-12(18)8-17(3)7-10-4-5-11(13)16-15-10/h4-5,9H,6-8H2,1-3H3,(H,14,18). The lowest BCUT2D eigenvalue weighted by molar-refractivity contribution is -0.122. The van der Waals surface area contributed by atoms with Gasteiger partial charge >= 0.3 is 0 Å². The highest BCUT2D eigenvalue weighted by Gasteiger charge is 2.08. The van der Waals surface area contributed by atoms with Gasteiger partial charge in [0.15, 0.2) is 5.15 Å². The number of nitrogens with one attached hydrogen (secondary N) is 1. The average Bonchev–Trinajstić information content (AvgIpc) is 2.29. The first-order valence-electron chi connectivity index (χ1n) is 5.90. The zero-order valence-corrected chi connectivity index (χ0v) is 11.7. The second-order valence-electron chi connectivity index (χ2n) is 4.72. The van der Waals surface area contributed by atoms with Crippen LogP contribution in [0.2, 0.25) is 5.15 Å². The van der Waals surface area contributed by atoms with Crippen molar-refractivity contribution in [3.8, 4) is 0 Å². The molecule has 18 heavy (non-hydrogen) atoms. The van der Waals surface area contributed by atoms with Crippen LogP contribution in [-0.2, 0) is 11.3 Å². The SMILES string of the molecule is CC(C)CNC(=O)CN(C)Cc1ccc(Cl)nn1. The van der Waals surface area contributed by atoms with Crippen LogP contribution in [0.4, 0.5) is 0 Å². The molecule has 0 radical (unpaired) electrons. The number of carbonyl (C=O) groups excluding carboxylic acids is 1. The molecule has 1 N–H and O–H groups in total. The van der Waals surface area contributed by atoms with Crippen molar-refractivity contribution >= 4 is 17.5 Å². The van der Waals surface area contributed by atoms with Crippen molar-refractivity contribution in [2.45, 2.75) is 20.4 Å². The minimum atomic E-state index is 0.0214. The van der Waals surface area contributed by atoms with Crippen molar-refractivity contribution in [1.29, 1.82) is 0 Å². The number of likely N-dealkylation sites (N-methyl/N-ethyl adjacent to an activating group) is 1. The van der Waals surface area contributed by atoms with E-state index in [2.05, 4.69) is 29.4 Å². The number of carbonyl (C=O) groups is 1. The van der Waals surface area contributed by atoms with Gasteiger partial charge in [0.05, 0.1) is 12.2 Å². The topological polar surface area (TPSA) is 58.1 Å². The lowest BCUT2D eigenvalue weighted by Gasteiger charge is -2.16. The van der Waals surface area contributed by atoms with Gasteiger partial charge in [-0.1, -0.05) is 25.4 Å². The van der Waals surface area contributed by atoms with Crippen LogP contribution in [0.25, 0.3) is 0 Å². The summed E-state index contributed by atoms with van der Waals surface area (Å²) in [4.78, 5) is 13.5. The Morgan fingerprint density at radius 1 is 1.44 bits per heavy atom. The summed E-state index contributed by atoms with van der Waals surface area (Å²) in [6.45, 7) is 5.74. The molecule has 1 aromatic rings. The molecule has 6 heteroatoms. The van der Waals surface area contributed by atoms with Gasteiger partial charge in [-0.05, 0) is 25.1 Å². The number of amides is 1. The lowest BCUT2D eigenvalue weighted by Crippen LogP contribution is -2.36. The Morgan fingerprint density at radius 2 is 2.17 bits per heavy atom. The fourth-order valence-corrected chi connectivity index (χ4v) is 1.48. The van der Waals surface area contributed by atoms with Gasteiger partial charge in [-0.25, -0.2) is 0 Å². The second-order valence-corrected chi connectivity index (χ2v) is 5.10. The van der Waals surface area contributed by atoms with Crippen LogP contribution in [0.15, 0.2) is 12.1 Å². The molecular formula is C12H19ClN4O. The summed E-state index contributed by atoms with van der Waals surface area (Å²) >= 11 is 5.65. The number of rotatable bonds is 6. The first-order valence-corrected chi connectivity index (χ1v) is 6.28. The maximum absolute atomic E-state index is 11.6. The molecule has 0 saturated carbocycles. The molecule has 1 amide bonds. The maximum atomic E-state index is 11.6. The molecule has 0 aliphatic carbocycles. The van der Waals surface area contributed by atoms with Crippen LogP contribution >= 0.6 is 11.6 Å². The molecule has 1 rings (SSSR count). The summed E-state index contributed by atoms with van der Waals surface area (Å²) in [6.07, 6.45) is 0. The highest BCUT2D eigenvalue weighted by molar-refractivity contribution is 6.29. The van der Waals surface area contributed by atoms with Gasteiger partial charge in [-0.3, -0.25) is 9.69 Å². The van der Waals surface area contributed by atoms with Crippen LogP contribution in [0.5, 0.6) is 0 Å². The fraction of sp³-hybridized carbons (Fsp3) is 0.583. The molecular weight excluding hydrogens is 252 g/mol. The Kier molecular flexibility index (Phi) is 6.01. The molecule has 0 saturated heterocycles. The molecule has 0 fully saturated rings. The van der Waals surface area contributed by atoms with Gasteiger partial charge in [-0.15, -0.1) is 5.10 Å². The minimum Gasteiger partial charge on any atom is -0.355 e. The first kappa shape index (κ1) is 14.9. The predicted molar refractivity (Wildman–Crippen MR) is 71.2 cm³/mol. The Morgan fingerprint density at radius 3 is 2.72 bits per heavy atom. The Hall–Kier alpha value is -1.20. The van der Waals surface area contributed by atoms with E-state index in [0.29, 0.717) is 30.7 Å². The second kappa shape index (κ2) is 7.28. The van der Waals surface area contributed by atoms with Gasteiger partial charge in [0, 0.05) is 13.1 Å². The number of nitrogens with zero attached hydrogens (tertiary/aromatic N) is 3. The molecule has 0 aliphatic rings. The van der Waals surface area contributed by atoms with Crippen LogP contribution < -0.4 is 5.32 Å². The molecule has 0 aromatic carbocycles. The highest BCUT2D eigenvalue weighted by Crippen LogP contribution is 2.03. The summed E-state index contributed by atoms with van der Waals surface area (Å²) in [5, 5.41) is 10.9. The van der Waals surface area contributed by atoms with Crippen molar-refractivity contribution in [1.82, 2.24) is 20.4 Å². The highest BCUT2D eigenvalue weighted by atomic mass is 35.5. The molecule has 5 nitrogen and oxygen atoms in total. The van der Waals surface area contributed by atoms with E-state index in [1.807, 2.05) is 11.9 Å². The van der Waals surface area contributed by atoms with Crippen LogP contribution in [0.3, 0.4) is 0 Å². The van der Waals surface area contributed by atoms with Crippen molar-refractivity contribution in [3.63, 3.8) is 0 Å². The third kappa shape index (κ3) is 5.93. The molecule has 0 atom stereocenters. The van der Waals surface area contributed by atoms with Crippen molar-refractivity contribution < 1.29 is 4.79 Å². The third-order valence-corrected chi connectivity index (χ3v) is 2.44. The van der Waals surface area contributed by atoms with Gasteiger partial charge < -0.3 is 5.32 Å². The van der Waals surface area contributed by atoms with E-state index in [9.17, 15) is 4.79 Å². The molecule has 1 aromatic heterocycles. The summed E-state index contributed by atoms with van der Waals surface area (Å²) in [7, 11) is 1.87. The maximum Gasteiger partial charge on any atom is 0.234 e. The smallest absolute Gasteiger partial charge is 0.234 e. The van der Waals surface area contributed by atoms with E-state index in [4.69, 9.17) is 11.6 Å². The summed E-state index contributed by atoms with van der Waals surface area (Å²) < 4.78 is 0. The van der Waals surface area contributed by atoms with E-state index < -0.39 is 0 Å². The number of halogens is 1. The van der Waals surface area contributed by atoms with Crippen molar-refractivity contribution in [2.24, 2.45) is 5.92 Å². The van der Waals surface area contributed by atoms with E-state index in [-0.39, 0.29) is 5.91 Å². The van der Waals surface area contributed by atoms with Gasteiger partial charge in [0.25, 0.3) is 0 Å². The first-order chi connectivity index (χ1) is 8.47. The number of aromatic nitrogens is 2. The largest absolute Gasteiger partial charge is 0.355 e. The third-order valence-electron chi connectivity index (χ3n) is 2.24. The number of hydrogen-bond acceptors (Lipinski definition) is 4. The Labute approximate surface area is 113 Å². The lowest BCUT2D eigenvalue weighted by atomic mass is 10.2.